The average Bonchev–Trinajstić information content (AvgIpc) is 2.83. The van der Waals surface area contributed by atoms with Crippen LogP contribution in [0.4, 0.5) is 5.69 Å². The van der Waals surface area contributed by atoms with Crippen molar-refractivity contribution in [2.24, 2.45) is 5.41 Å². The van der Waals surface area contributed by atoms with Gasteiger partial charge in [-0.1, -0.05) is 13.8 Å². The van der Waals surface area contributed by atoms with Gasteiger partial charge in [-0.25, -0.2) is 4.79 Å². The summed E-state index contributed by atoms with van der Waals surface area (Å²) in [6.07, 6.45) is 1.04. The Bertz CT molecular complexity index is 874. The van der Waals surface area contributed by atoms with Crippen LogP contribution >= 0.6 is 0 Å². The molecule has 0 spiro atoms. The molecule has 1 amide bonds. The van der Waals surface area contributed by atoms with Crippen LogP contribution in [-0.2, 0) is 6.42 Å². The molecule has 1 heterocycles. The van der Waals surface area contributed by atoms with E-state index in [1.807, 2.05) is 13.8 Å². The van der Waals surface area contributed by atoms with Crippen LogP contribution in [0.15, 0.2) is 28.7 Å². The number of carboxylic acids is 1. The minimum Gasteiger partial charge on any atom is -0.478 e. The summed E-state index contributed by atoms with van der Waals surface area (Å²) in [5.74, 6) is -0.810. The van der Waals surface area contributed by atoms with Crippen LogP contribution in [0.3, 0.4) is 0 Å². The number of rotatable bonds is 3. The molecule has 0 saturated heterocycles. The van der Waals surface area contributed by atoms with E-state index < -0.39 is 11.9 Å². The fourth-order valence-corrected chi connectivity index (χ4v) is 3.18. The van der Waals surface area contributed by atoms with Gasteiger partial charge in [0, 0.05) is 24.1 Å². The Hall–Kier alpha value is -2.89. The molecule has 2 aromatic rings. The molecule has 1 aromatic carbocycles. The van der Waals surface area contributed by atoms with E-state index >= 15 is 0 Å². The monoisotopic (exact) mass is 341 g/mol. The van der Waals surface area contributed by atoms with Gasteiger partial charge in [0.15, 0.2) is 11.5 Å². The molecule has 2 N–H and O–H groups in total. The minimum absolute atomic E-state index is 0.00244. The quantitative estimate of drug-likeness (QED) is 0.887. The summed E-state index contributed by atoms with van der Waals surface area (Å²) in [7, 11) is 0. The van der Waals surface area contributed by atoms with Crippen LogP contribution in [0.2, 0.25) is 0 Å². The number of ketones is 1. The maximum atomic E-state index is 12.5. The second kappa shape index (κ2) is 5.88. The number of carboxylic acid groups (broad SMARTS) is 1. The molecule has 1 aliphatic rings. The van der Waals surface area contributed by atoms with Gasteiger partial charge >= 0.3 is 5.97 Å². The zero-order valence-electron chi connectivity index (χ0n) is 14.3. The summed E-state index contributed by atoms with van der Waals surface area (Å²) in [6.45, 7) is 5.70. The van der Waals surface area contributed by atoms with Crippen molar-refractivity contribution < 1.29 is 23.9 Å². The number of hydrogen-bond acceptors (Lipinski definition) is 4. The molecule has 0 aliphatic heterocycles. The highest BCUT2D eigenvalue weighted by atomic mass is 16.4. The number of carbonyl (C=O) groups excluding carboxylic acids is 2. The van der Waals surface area contributed by atoms with Crippen molar-refractivity contribution in [3.8, 4) is 0 Å². The largest absolute Gasteiger partial charge is 0.478 e. The van der Waals surface area contributed by atoms with Gasteiger partial charge in [-0.15, -0.1) is 0 Å². The summed E-state index contributed by atoms with van der Waals surface area (Å²) in [5.41, 5.74) is 1.47. The third kappa shape index (κ3) is 3.20. The number of benzene rings is 1. The van der Waals surface area contributed by atoms with Gasteiger partial charge < -0.3 is 14.8 Å². The fraction of sp³-hybridized carbons (Fsp3) is 0.316. The summed E-state index contributed by atoms with van der Waals surface area (Å²) in [6, 6.07) is 5.83. The van der Waals surface area contributed by atoms with Crippen molar-refractivity contribution in [2.45, 2.75) is 33.6 Å². The SMILES string of the molecule is Cc1c(C(=O)Nc2ccc(C(=O)O)cc2)oc2c1C(=O)CC(C)(C)C2. The third-order valence-electron chi connectivity index (χ3n) is 4.37. The molecular formula is C19H19NO5. The molecule has 6 nitrogen and oxygen atoms in total. The Labute approximate surface area is 144 Å². The molecule has 6 heteroatoms. The van der Waals surface area contributed by atoms with Crippen LogP contribution in [0.5, 0.6) is 0 Å². The van der Waals surface area contributed by atoms with E-state index in [1.54, 1.807) is 6.92 Å². The van der Waals surface area contributed by atoms with E-state index in [4.69, 9.17) is 9.52 Å². The Kier molecular flexibility index (Phi) is 3.99. The van der Waals surface area contributed by atoms with E-state index in [-0.39, 0.29) is 22.5 Å². The van der Waals surface area contributed by atoms with E-state index in [2.05, 4.69) is 5.32 Å². The number of carbonyl (C=O) groups is 3. The first-order valence-corrected chi connectivity index (χ1v) is 7.98. The summed E-state index contributed by atoms with van der Waals surface area (Å²) < 4.78 is 5.71. The number of Topliss-reactive ketones (excluding diaryl/α,β-unsaturated/α-hetero) is 1. The number of anilines is 1. The zero-order valence-corrected chi connectivity index (χ0v) is 14.3. The van der Waals surface area contributed by atoms with Gasteiger partial charge in [-0.2, -0.15) is 0 Å². The van der Waals surface area contributed by atoms with E-state index in [9.17, 15) is 14.4 Å². The van der Waals surface area contributed by atoms with Crippen molar-refractivity contribution in [3.63, 3.8) is 0 Å². The van der Waals surface area contributed by atoms with Gasteiger partial charge in [0.1, 0.15) is 5.76 Å². The highest BCUT2D eigenvalue weighted by Crippen LogP contribution is 2.38. The predicted molar refractivity (Wildman–Crippen MR) is 91.2 cm³/mol. The molecule has 1 aliphatic carbocycles. The van der Waals surface area contributed by atoms with Crippen molar-refractivity contribution in [2.75, 3.05) is 5.32 Å². The molecule has 1 aromatic heterocycles. The predicted octanol–water partition coefficient (Wildman–Crippen LogP) is 3.69. The minimum atomic E-state index is -1.03. The van der Waals surface area contributed by atoms with E-state index in [0.717, 1.165) is 0 Å². The number of fused-ring (bicyclic) bond motifs is 1. The van der Waals surface area contributed by atoms with Gasteiger partial charge in [0.25, 0.3) is 5.91 Å². The maximum Gasteiger partial charge on any atom is 0.335 e. The topological polar surface area (TPSA) is 96.6 Å². The number of aromatic carboxylic acids is 1. The second-order valence-corrected chi connectivity index (χ2v) is 7.13. The Balaban J connectivity index is 1.86. The Morgan fingerprint density at radius 2 is 1.80 bits per heavy atom. The molecule has 0 saturated carbocycles. The lowest BCUT2D eigenvalue weighted by atomic mass is 9.76. The molecule has 25 heavy (non-hydrogen) atoms. The second-order valence-electron chi connectivity index (χ2n) is 7.13. The highest BCUT2D eigenvalue weighted by molar-refractivity contribution is 6.07. The lowest BCUT2D eigenvalue weighted by Crippen LogP contribution is -2.26. The Morgan fingerprint density at radius 3 is 2.40 bits per heavy atom. The summed E-state index contributed by atoms with van der Waals surface area (Å²) in [4.78, 5) is 35.7. The van der Waals surface area contributed by atoms with Gasteiger partial charge in [0.2, 0.25) is 0 Å². The maximum absolute atomic E-state index is 12.5. The number of amides is 1. The number of furan rings is 1. The average molecular weight is 341 g/mol. The van der Waals surface area contributed by atoms with Gasteiger partial charge in [-0.3, -0.25) is 9.59 Å². The lowest BCUT2D eigenvalue weighted by molar-refractivity contribution is 0.0696. The zero-order chi connectivity index (χ0) is 18.4. The van der Waals surface area contributed by atoms with Crippen LogP contribution in [0, 0.1) is 12.3 Å². The van der Waals surface area contributed by atoms with Crippen molar-refractivity contribution in [1.29, 1.82) is 0 Å². The molecule has 0 bridgehead atoms. The summed E-state index contributed by atoms with van der Waals surface area (Å²) in [5, 5.41) is 11.6. The van der Waals surface area contributed by atoms with Crippen molar-refractivity contribution in [1.82, 2.24) is 0 Å². The molecule has 0 atom stereocenters. The van der Waals surface area contributed by atoms with Crippen molar-refractivity contribution >= 4 is 23.3 Å². The Morgan fingerprint density at radius 1 is 1.16 bits per heavy atom. The third-order valence-corrected chi connectivity index (χ3v) is 4.37. The number of hydrogen-bond donors (Lipinski definition) is 2. The molecule has 0 radical (unpaired) electrons. The van der Waals surface area contributed by atoms with Crippen LogP contribution < -0.4 is 5.32 Å². The molecule has 0 fully saturated rings. The van der Waals surface area contributed by atoms with Crippen LogP contribution in [0.25, 0.3) is 0 Å². The van der Waals surface area contributed by atoms with Gasteiger partial charge in [0.05, 0.1) is 11.1 Å². The first kappa shape index (κ1) is 17.0. The first-order valence-electron chi connectivity index (χ1n) is 7.98. The molecule has 0 unspecified atom stereocenters. The highest BCUT2D eigenvalue weighted by Gasteiger charge is 2.37. The standard InChI is InChI=1S/C19H19NO5/c1-10-15-13(21)8-19(2,3)9-14(15)25-16(10)17(22)20-12-6-4-11(5-7-12)18(23)24/h4-7H,8-9H2,1-3H3,(H,20,22)(H,23,24). The van der Waals surface area contributed by atoms with Crippen LogP contribution in [0.1, 0.15) is 62.9 Å². The lowest BCUT2D eigenvalue weighted by Gasteiger charge is -2.27. The van der Waals surface area contributed by atoms with Crippen LogP contribution in [-0.4, -0.2) is 22.8 Å². The normalized spacial score (nSPS) is 15.6. The molecule has 3 rings (SSSR count). The van der Waals surface area contributed by atoms with Gasteiger partial charge in [-0.05, 0) is 36.6 Å². The smallest absolute Gasteiger partial charge is 0.335 e. The van der Waals surface area contributed by atoms with E-state index in [1.165, 1.54) is 24.3 Å². The fourth-order valence-electron chi connectivity index (χ4n) is 3.18. The first-order chi connectivity index (χ1) is 11.7. The molecular weight excluding hydrogens is 322 g/mol. The molecule has 130 valence electrons. The summed E-state index contributed by atoms with van der Waals surface area (Å²) >= 11 is 0. The number of nitrogens with one attached hydrogen (secondary N) is 1. The van der Waals surface area contributed by atoms with E-state index in [0.29, 0.717) is 35.4 Å². The van der Waals surface area contributed by atoms with Crippen molar-refractivity contribution in [3.05, 3.63) is 52.5 Å².